The van der Waals surface area contributed by atoms with E-state index in [9.17, 15) is 14.0 Å². The first kappa shape index (κ1) is 18.9. The van der Waals surface area contributed by atoms with Gasteiger partial charge in [0.1, 0.15) is 12.4 Å². The van der Waals surface area contributed by atoms with Gasteiger partial charge in [0.15, 0.2) is 0 Å². The van der Waals surface area contributed by atoms with Crippen LogP contribution in [0.4, 0.5) is 14.9 Å². The molecular weight excluding hydrogens is 345 g/mol. The van der Waals surface area contributed by atoms with Crippen LogP contribution in [0.25, 0.3) is 0 Å². The molecule has 1 aliphatic rings. The summed E-state index contributed by atoms with van der Waals surface area (Å²) < 4.78 is 13.9. The van der Waals surface area contributed by atoms with Crippen LogP contribution in [0.2, 0.25) is 0 Å². The summed E-state index contributed by atoms with van der Waals surface area (Å²) >= 11 is 0. The van der Waals surface area contributed by atoms with Crippen LogP contribution in [0.1, 0.15) is 18.9 Å². The van der Waals surface area contributed by atoms with Gasteiger partial charge in [0.25, 0.3) is 0 Å². The second-order valence-electron chi connectivity index (χ2n) is 6.80. The van der Waals surface area contributed by atoms with E-state index in [2.05, 4.69) is 17.4 Å². The number of amides is 3. The van der Waals surface area contributed by atoms with Crippen LogP contribution in [0.15, 0.2) is 54.6 Å². The van der Waals surface area contributed by atoms with E-state index in [-0.39, 0.29) is 30.2 Å². The van der Waals surface area contributed by atoms with Gasteiger partial charge in [-0.15, -0.1) is 0 Å². The summed E-state index contributed by atoms with van der Waals surface area (Å²) in [5, 5.41) is 2.94. The fourth-order valence-corrected chi connectivity index (χ4v) is 3.22. The van der Waals surface area contributed by atoms with Crippen molar-refractivity contribution in [1.29, 1.82) is 0 Å². The highest BCUT2D eigenvalue weighted by molar-refractivity contribution is 5.96. The minimum Gasteiger partial charge on any atom is -0.352 e. The van der Waals surface area contributed by atoms with Crippen molar-refractivity contribution in [3.05, 3.63) is 66.0 Å². The summed E-state index contributed by atoms with van der Waals surface area (Å²) in [7, 11) is 0. The van der Waals surface area contributed by atoms with Gasteiger partial charge in [-0.05, 0) is 37.5 Å². The number of para-hydroxylation sites is 1. The van der Waals surface area contributed by atoms with Gasteiger partial charge in [-0.3, -0.25) is 9.69 Å². The van der Waals surface area contributed by atoms with Crippen molar-refractivity contribution in [3.63, 3.8) is 0 Å². The highest BCUT2D eigenvalue weighted by Crippen LogP contribution is 2.23. The molecule has 0 bridgehead atoms. The van der Waals surface area contributed by atoms with Crippen LogP contribution < -0.4 is 10.2 Å². The number of benzene rings is 2. The van der Waals surface area contributed by atoms with Crippen LogP contribution in [-0.2, 0) is 11.2 Å². The fourth-order valence-electron chi connectivity index (χ4n) is 3.22. The molecule has 1 N–H and O–H groups in total. The van der Waals surface area contributed by atoms with E-state index in [4.69, 9.17) is 0 Å². The monoisotopic (exact) mass is 369 g/mol. The second kappa shape index (κ2) is 8.66. The lowest BCUT2D eigenvalue weighted by atomic mass is 10.1. The first-order valence-corrected chi connectivity index (χ1v) is 9.19. The zero-order valence-corrected chi connectivity index (χ0v) is 15.4. The fraction of sp³-hybridized carbons (Fsp3) is 0.333. The largest absolute Gasteiger partial charge is 0.352 e. The molecule has 27 heavy (non-hydrogen) atoms. The molecule has 0 radical (unpaired) electrons. The molecule has 3 rings (SSSR count). The highest BCUT2D eigenvalue weighted by Gasteiger charge is 2.32. The molecule has 2 aromatic carbocycles. The summed E-state index contributed by atoms with van der Waals surface area (Å²) in [6, 6.07) is 15.9. The maximum atomic E-state index is 13.9. The van der Waals surface area contributed by atoms with Crippen molar-refractivity contribution < 1.29 is 14.0 Å². The van der Waals surface area contributed by atoms with Crippen molar-refractivity contribution in [2.24, 2.45) is 0 Å². The number of hydrogen-bond acceptors (Lipinski definition) is 2. The molecule has 3 amide bonds. The molecule has 1 fully saturated rings. The Balaban J connectivity index is 1.48. The van der Waals surface area contributed by atoms with E-state index >= 15 is 0 Å². The Morgan fingerprint density at radius 2 is 1.81 bits per heavy atom. The maximum absolute atomic E-state index is 13.9. The Kier molecular flexibility index (Phi) is 6.06. The third-order valence-electron chi connectivity index (χ3n) is 4.69. The average molecular weight is 369 g/mol. The Morgan fingerprint density at radius 3 is 2.56 bits per heavy atom. The van der Waals surface area contributed by atoms with Crippen LogP contribution in [0, 0.1) is 5.82 Å². The first-order chi connectivity index (χ1) is 13.0. The maximum Gasteiger partial charge on any atom is 0.325 e. The highest BCUT2D eigenvalue weighted by atomic mass is 19.1. The van der Waals surface area contributed by atoms with Gasteiger partial charge in [-0.25, -0.2) is 9.18 Å². The molecule has 0 aromatic heterocycles. The van der Waals surface area contributed by atoms with Gasteiger partial charge in [0.2, 0.25) is 5.91 Å². The molecule has 1 aliphatic heterocycles. The molecule has 0 saturated carbocycles. The summed E-state index contributed by atoms with van der Waals surface area (Å²) in [5.41, 5.74) is 1.48. The van der Waals surface area contributed by atoms with Crippen molar-refractivity contribution >= 4 is 17.6 Å². The minimum atomic E-state index is -0.438. The topological polar surface area (TPSA) is 52.7 Å². The van der Waals surface area contributed by atoms with E-state index in [0.29, 0.717) is 13.1 Å². The zero-order valence-electron chi connectivity index (χ0n) is 15.4. The van der Waals surface area contributed by atoms with Crippen molar-refractivity contribution in [2.75, 3.05) is 24.5 Å². The molecule has 1 atom stereocenters. The van der Waals surface area contributed by atoms with Gasteiger partial charge in [-0.1, -0.05) is 42.5 Å². The molecule has 6 heteroatoms. The standard InChI is InChI=1S/C21H24FN3O2/c1-16(11-12-17-7-3-2-4-8-17)23-20(26)15-24-13-14-25(21(24)27)19-10-6-5-9-18(19)22/h2-10,16H,11-15H2,1H3,(H,23,26). The molecule has 142 valence electrons. The quantitative estimate of drug-likeness (QED) is 0.815. The Bertz CT molecular complexity index is 797. The number of halogens is 1. The lowest BCUT2D eigenvalue weighted by Gasteiger charge is -2.20. The smallest absolute Gasteiger partial charge is 0.325 e. The van der Waals surface area contributed by atoms with Gasteiger partial charge in [0, 0.05) is 19.1 Å². The van der Waals surface area contributed by atoms with E-state index in [0.717, 1.165) is 12.8 Å². The normalized spacial score (nSPS) is 15.1. The van der Waals surface area contributed by atoms with Gasteiger partial charge < -0.3 is 10.2 Å². The number of carbonyl (C=O) groups is 2. The predicted molar refractivity (Wildman–Crippen MR) is 103 cm³/mol. The molecule has 1 heterocycles. The number of rotatable bonds is 7. The van der Waals surface area contributed by atoms with Crippen molar-refractivity contribution in [3.8, 4) is 0 Å². The van der Waals surface area contributed by atoms with E-state index < -0.39 is 5.82 Å². The number of carbonyl (C=O) groups excluding carboxylic acids is 2. The lowest BCUT2D eigenvalue weighted by Crippen LogP contribution is -2.43. The minimum absolute atomic E-state index is 0.0121. The summed E-state index contributed by atoms with van der Waals surface area (Å²) in [5.74, 6) is -0.633. The van der Waals surface area contributed by atoms with Gasteiger partial charge in [0.05, 0.1) is 5.69 Å². The van der Waals surface area contributed by atoms with Crippen molar-refractivity contribution in [2.45, 2.75) is 25.8 Å². The molecule has 0 aliphatic carbocycles. The summed E-state index contributed by atoms with van der Waals surface area (Å²) in [4.78, 5) is 27.6. The molecule has 1 unspecified atom stereocenters. The average Bonchev–Trinajstić information content (AvgIpc) is 3.01. The number of urea groups is 1. The SMILES string of the molecule is CC(CCc1ccccc1)NC(=O)CN1CCN(c2ccccc2F)C1=O. The molecule has 5 nitrogen and oxygen atoms in total. The molecule has 1 saturated heterocycles. The van der Waals surface area contributed by atoms with E-state index in [1.807, 2.05) is 25.1 Å². The molecule has 0 spiro atoms. The van der Waals surface area contributed by atoms with E-state index in [1.165, 1.54) is 21.4 Å². The Labute approximate surface area is 158 Å². The molecule has 2 aromatic rings. The third kappa shape index (κ3) is 4.84. The third-order valence-corrected chi connectivity index (χ3v) is 4.69. The number of nitrogens with one attached hydrogen (secondary N) is 1. The van der Waals surface area contributed by atoms with Crippen molar-refractivity contribution in [1.82, 2.24) is 10.2 Å². The van der Waals surface area contributed by atoms with Gasteiger partial charge >= 0.3 is 6.03 Å². The van der Waals surface area contributed by atoms with Crippen LogP contribution >= 0.6 is 0 Å². The molecular formula is C21H24FN3O2. The number of nitrogens with zero attached hydrogens (tertiary/aromatic N) is 2. The Hall–Kier alpha value is -2.89. The Morgan fingerprint density at radius 1 is 1.11 bits per heavy atom. The first-order valence-electron chi connectivity index (χ1n) is 9.19. The van der Waals surface area contributed by atoms with E-state index in [1.54, 1.807) is 18.2 Å². The number of anilines is 1. The summed E-state index contributed by atoms with van der Waals surface area (Å²) in [6.45, 7) is 2.72. The lowest BCUT2D eigenvalue weighted by molar-refractivity contribution is -0.122. The van der Waals surface area contributed by atoms with Gasteiger partial charge in [-0.2, -0.15) is 0 Å². The predicted octanol–water partition coefficient (Wildman–Crippen LogP) is 3.21. The van der Waals surface area contributed by atoms with Crippen LogP contribution in [0.5, 0.6) is 0 Å². The van der Waals surface area contributed by atoms with Crippen LogP contribution in [0.3, 0.4) is 0 Å². The number of aryl methyl sites for hydroxylation is 1. The summed E-state index contributed by atoms with van der Waals surface area (Å²) in [6.07, 6.45) is 1.71. The van der Waals surface area contributed by atoms with Crippen LogP contribution in [-0.4, -0.2) is 42.5 Å². The second-order valence-corrected chi connectivity index (χ2v) is 6.80. The number of hydrogen-bond donors (Lipinski definition) is 1. The zero-order chi connectivity index (χ0) is 19.2.